The van der Waals surface area contributed by atoms with Crippen molar-refractivity contribution in [3.8, 4) is 33.5 Å². The van der Waals surface area contributed by atoms with Gasteiger partial charge in [0, 0.05) is 28.7 Å². The lowest BCUT2D eigenvalue weighted by molar-refractivity contribution is 0.669. The summed E-state index contributed by atoms with van der Waals surface area (Å²) in [5.41, 5.74) is 9.26. The standard InChI is InChI=1S/C36H22N2O/c1-2-7-24(8-3-1)30-22-31(27-11-6-10-26(21-27)23-17-19-37-20-18-23)38-36-29(30)14-16-33-35(36)34-28-12-5-4-9-25(28)13-15-32(34)39-33/h1-22H. The van der Waals surface area contributed by atoms with Gasteiger partial charge in [-0.25, -0.2) is 4.98 Å². The third-order valence-electron chi connectivity index (χ3n) is 7.56. The Morgan fingerprint density at radius 2 is 1.23 bits per heavy atom. The molecule has 0 unspecified atom stereocenters. The van der Waals surface area contributed by atoms with Crippen molar-refractivity contribution >= 4 is 43.6 Å². The lowest BCUT2D eigenvalue weighted by Gasteiger charge is -2.12. The average molecular weight is 499 g/mol. The Balaban J connectivity index is 1.49. The number of hydrogen-bond donors (Lipinski definition) is 0. The zero-order valence-electron chi connectivity index (χ0n) is 21.0. The first-order valence-electron chi connectivity index (χ1n) is 13.1. The Bertz CT molecular complexity index is 2160. The molecule has 3 nitrogen and oxygen atoms in total. The van der Waals surface area contributed by atoms with Gasteiger partial charge >= 0.3 is 0 Å². The molecular weight excluding hydrogens is 476 g/mol. The van der Waals surface area contributed by atoms with Gasteiger partial charge in [0.05, 0.1) is 16.6 Å². The van der Waals surface area contributed by atoms with Crippen LogP contribution in [0.5, 0.6) is 0 Å². The molecule has 8 aromatic rings. The summed E-state index contributed by atoms with van der Waals surface area (Å²) in [6.45, 7) is 0. The fourth-order valence-corrected chi connectivity index (χ4v) is 5.72. The number of furan rings is 1. The van der Waals surface area contributed by atoms with Crippen LogP contribution in [0, 0.1) is 0 Å². The summed E-state index contributed by atoms with van der Waals surface area (Å²) in [6.07, 6.45) is 3.66. The highest BCUT2D eigenvalue weighted by Crippen LogP contribution is 2.41. The van der Waals surface area contributed by atoms with E-state index in [0.717, 1.165) is 66.4 Å². The fourth-order valence-electron chi connectivity index (χ4n) is 5.72. The van der Waals surface area contributed by atoms with Crippen LogP contribution in [0.3, 0.4) is 0 Å². The Labute approximate surface area is 225 Å². The van der Waals surface area contributed by atoms with Gasteiger partial charge < -0.3 is 4.42 Å². The minimum Gasteiger partial charge on any atom is -0.456 e. The van der Waals surface area contributed by atoms with Gasteiger partial charge in [-0.3, -0.25) is 4.98 Å². The maximum absolute atomic E-state index is 6.39. The van der Waals surface area contributed by atoms with Crippen molar-refractivity contribution in [2.45, 2.75) is 0 Å². The van der Waals surface area contributed by atoms with Crippen molar-refractivity contribution in [2.24, 2.45) is 0 Å². The van der Waals surface area contributed by atoms with Gasteiger partial charge in [0.2, 0.25) is 0 Å². The second-order valence-corrected chi connectivity index (χ2v) is 9.83. The normalized spacial score (nSPS) is 11.6. The molecular formula is C36H22N2O. The summed E-state index contributed by atoms with van der Waals surface area (Å²) in [4.78, 5) is 9.53. The van der Waals surface area contributed by atoms with Crippen LogP contribution in [-0.2, 0) is 0 Å². The summed E-state index contributed by atoms with van der Waals surface area (Å²) in [6, 6.07) is 42.3. The summed E-state index contributed by atoms with van der Waals surface area (Å²) < 4.78 is 6.39. The largest absolute Gasteiger partial charge is 0.456 e. The highest BCUT2D eigenvalue weighted by molar-refractivity contribution is 6.26. The second-order valence-electron chi connectivity index (χ2n) is 9.83. The Morgan fingerprint density at radius 3 is 2.13 bits per heavy atom. The Kier molecular flexibility index (Phi) is 4.82. The molecule has 0 aliphatic rings. The van der Waals surface area contributed by atoms with E-state index in [2.05, 4.69) is 114 Å². The zero-order chi connectivity index (χ0) is 25.8. The number of rotatable bonds is 3. The van der Waals surface area contributed by atoms with Crippen LogP contribution in [0.2, 0.25) is 0 Å². The molecule has 3 aromatic heterocycles. The number of hydrogen-bond acceptors (Lipinski definition) is 3. The minimum absolute atomic E-state index is 0.850. The highest BCUT2D eigenvalue weighted by Gasteiger charge is 2.18. The maximum Gasteiger partial charge on any atom is 0.137 e. The van der Waals surface area contributed by atoms with Gasteiger partial charge in [0.25, 0.3) is 0 Å². The van der Waals surface area contributed by atoms with Crippen molar-refractivity contribution < 1.29 is 4.42 Å². The molecule has 5 aromatic carbocycles. The predicted molar refractivity (Wildman–Crippen MR) is 161 cm³/mol. The van der Waals surface area contributed by atoms with Crippen LogP contribution in [0.25, 0.3) is 77.1 Å². The third-order valence-corrected chi connectivity index (χ3v) is 7.56. The van der Waals surface area contributed by atoms with Gasteiger partial charge in [0.1, 0.15) is 11.2 Å². The monoisotopic (exact) mass is 498 g/mol. The molecule has 0 bridgehead atoms. The molecule has 0 amide bonds. The van der Waals surface area contributed by atoms with Crippen LogP contribution in [0.4, 0.5) is 0 Å². The molecule has 182 valence electrons. The van der Waals surface area contributed by atoms with Gasteiger partial charge in [-0.15, -0.1) is 0 Å². The quantitative estimate of drug-likeness (QED) is 0.243. The second kappa shape index (κ2) is 8.64. The first kappa shape index (κ1) is 21.8. The van der Waals surface area contributed by atoms with Crippen molar-refractivity contribution in [3.63, 3.8) is 0 Å². The van der Waals surface area contributed by atoms with Crippen LogP contribution in [0.1, 0.15) is 0 Å². The van der Waals surface area contributed by atoms with E-state index in [1.54, 1.807) is 0 Å². The van der Waals surface area contributed by atoms with Crippen molar-refractivity contribution in [2.75, 3.05) is 0 Å². The third kappa shape index (κ3) is 3.52. The van der Waals surface area contributed by atoms with Crippen LogP contribution >= 0.6 is 0 Å². The SMILES string of the molecule is c1ccc(-c2cc(-c3cccc(-c4ccncc4)c3)nc3c2ccc2oc4ccc5ccccc5c4c23)cc1. The van der Waals surface area contributed by atoms with Gasteiger partial charge in [-0.05, 0) is 75.5 Å². The Hall–Kier alpha value is -5.28. The maximum atomic E-state index is 6.39. The lowest BCUT2D eigenvalue weighted by Crippen LogP contribution is -1.91. The molecule has 0 aliphatic heterocycles. The number of aromatic nitrogens is 2. The van der Waals surface area contributed by atoms with Gasteiger partial charge in [-0.1, -0.05) is 78.9 Å². The van der Waals surface area contributed by atoms with E-state index < -0.39 is 0 Å². The first-order chi connectivity index (χ1) is 19.3. The van der Waals surface area contributed by atoms with E-state index in [0.29, 0.717) is 0 Å². The van der Waals surface area contributed by atoms with E-state index in [9.17, 15) is 0 Å². The molecule has 39 heavy (non-hydrogen) atoms. The first-order valence-corrected chi connectivity index (χ1v) is 13.1. The molecule has 0 aliphatic carbocycles. The molecule has 0 atom stereocenters. The number of fused-ring (bicyclic) bond motifs is 7. The van der Waals surface area contributed by atoms with Gasteiger partial charge in [-0.2, -0.15) is 0 Å². The van der Waals surface area contributed by atoms with Crippen LogP contribution in [0.15, 0.2) is 138 Å². The van der Waals surface area contributed by atoms with Crippen molar-refractivity contribution in [3.05, 3.63) is 134 Å². The fraction of sp³-hybridized carbons (Fsp3) is 0. The summed E-state index contributed by atoms with van der Waals surface area (Å²) in [7, 11) is 0. The Morgan fingerprint density at radius 1 is 0.487 bits per heavy atom. The number of pyridine rings is 2. The van der Waals surface area contributed by atoms with Crippen molar-refractivity contribution in [1.29, 1.82) is 0 Å². The molecule has 3 heterocycles. The highest BCUT2D eigenvalue weighted by atomic mass is 16.3. The molecule has 0 spiro atoms. The topological polar surface area (TPSA) is 38.9 Å². The van der Waals surface area contributed by atoms with Crippen LogP contribution < -0.4 is 0 Å². The predicted octanol–water partition coefficient (Wildman–Crippen LogP) is 9.68. The lowest BCUT2D eigenvalue weighted by atomic mass is 9.95. The summed E-state index contributed by atoms with van der Waals surface area (Å²) >= 11 is 0. The van der Waals surface area contributed by atoms with E-state index in [1.807, 2.05) is 24.5 Å². The number of nitrogens with zero attached hydrogens (tertiary/aromatic N) is 2. The van der Waals surface area contributed by atoms with E-state index in [1.165, 1.54) is 10.8 Å². The van der Waals surface area contributed by atoms with E-state index in [-0.39, 0.29) is 0 Å². The van der Waals surface area contributed by atoms with E-state index in [4.69, 9.17) is 9.40 Å². The smallest absolute Gasteiger partial charge is 0.137 e. The molecule has 0 saturated carbocycles. The van der Waals surface area contributed by atoms with Crippen molar-refractivity contribution in [1.82, 2.24) is 9.97 Å². The summed E-state index contributed by atoms with van der Waals surface area (Å²) in [5.74, 6) is 0. The molecule has 0 N–H and O–H groups in total. The summed E-state index contributed by atoms with van der Waals surface area (Å²) in [5, 5.41) is 5.65. The molecule has 0 fully saturated rings. The molecule has 8 rings (SSSR count). The molecule has 0 radical (unpaired) electrons. The zero-order valence-corrected chi connectivity index (χ0v) is 21.0. The minimum atomic E-state index is 0.850. The van der Waals surface area contributed by atoms with Crippen LogP contribution in [-0.4, -0.2) is 9.97 Å². The molecule has 3 heteroatoms. The van der Waals surface area contributed by atoms with E-state index >= 15 is 0 Å². The van der Waals surface area contributed by atoms with Gasteiger partial charge in [0.15, 0.2) is 0 Å². The average Bonchev–Trinajstić information content (AvgIpc) is 3.41. The number of benzene rings is 5. The molecule has 0 saturated heterocycles.